The Morgan fingerprint density at radius 1 is 1.48 bits per heavy atom. The average molecular weight is 320 g/mol. The van der Waals surface area contributed by atoms with Crippen molar-refractivity contribution in [3.63, 3.8) is 0 Å². The number of carbonyl (C=O) groups is 1. The molecule has 0 aliphatic heterocycles. The van der Waals surface area contributed by atoms with Crippen molar-refractivity contribution in [1.82, 2.24) is 9.88 Å². The molecule has 0 saturated carbocycles. The van der Waals surface area contributed by atoms with Gasteiger partial charge in [0.05, 0.1) is 24.4 Å². The SMILES string of the molecule is Cc1ncsc1C(=O)N(C)Cc1cc(C#CCCO)cs1. The fourth-order valence-electron chi connectivity index (χ4n) is 1.74. The van der Waals surface area contributed by atoms with Gasteiger partial charge in [-0.15, -0.1) is 22.7 Å². The first-order valence-electron chi connectivity index (χ1n) is 6.44. The molecule has 0 aromatic carbocycles. The summed E-state index contributed by atoms with van der Waals surface area (Å²) in [5.74, 6) is 5.88. The Balaban J connectivity index is 2.00. The quantitative estimate of drug-likeness (QED) is 0.881. The third-order valence-corrected chi connectivity index (χ3v) is 4.64. The molecule has 0 radical (unpaired) electrons. The van der Waals surface area contributed by atoms with Crippen molar-refractivity contribution in [2.24, 2.45) is 0 Å². The largest absolute Gasteiger partial charge is 0.395 e. The summed E-state index contributed by atoms with van der Waals surface area (Å²) in [6, 6.07) is 1.98. The van der Waals surface area contributed by atoms with Crippen LogP contribution in [0.4, 0.5) is 0 Å². The predicted molar refractivity (Wildman–Crippen MR) is 85.5 cm³/mol. The minimum absolute atomic E-state index is 0.00341. The van der Waals surface area contributed by atoms with Crippen molar-refractivity contribution in [2.75, 3.05) is 13.7 Å². The van der Waals surface area contributed by atoms with E-state index in [1.807, 2.05) is 18.4 Å². The summed E-state index contributed by atoms with van der Waals surface area (Å²) in [6.45, 7) is 2.48. The Bertz CT molecular complexity index is 679. The molecule has 0 unspecified atom stereocenters. The van der Waals surface area contributed by atoms with Crippen molar-refractivity contribution in [1.29, 1.82) is 0 Å². The van der Waals surface area contributed by atoms with E-state index in [1.54, 1.807) is 28.8 Å². The number of amides is 1. The average Bonchev–Trinajstić information content (AvgIpc) is 3.07. The Morgan fingerprint density at radius 2 is 2.29 bits per heavy atom. The summed E-state index contributed by atoms with van der Waals surface area (Å²) < 4.78 is 0. The molecular weight excluding hydrogens is 304 g/mol. The highest BCUT2D eigenvalue weighted by Crippen LogP contribution is 2.19. The molecule has 6 heteroatoms. The molecule has 2 aromatic heterocycles. The summed E-state index contributed by atoms with van der Waals surface area (Å²) in [5, 5.41) is 10.7. The first kappa shape index (κ1) is 15.7. The summed E-state index contributed by atoms with van der Waals surface area (Å²) in [7, 11) is 1.79. The van der Waals surface area contributed by atoms with E-state index >= 15 is 0 Å². The second kappa shape index (κ2) is 7.36. The molecule has 0 aliphatic carbocycles. The Morgan fingerprint density at radius 3 is 2.95 bits per heavy atom. The van der Waals surface area contributed by atoms with E-state index in [2.05, 4.69) is 16.8 Å². The number of aryl methyl sites for hydroxylation is 1. The van der Waals surface area contributed by atoms with Crippen LogP contribution in [0.3, 0.4) is 0 Å². The van der Waals surface area contributed by atoms with Gasteiger partial charge in [0.15, 0.2) is 0 Å². The van der Waals surface area contributed by atoms with Gasteiger partial charge in [0.25, 0.3) is 5.91 Å². The summed E-state index contributed by atoms with van der Waals surface area (Å²) in [5.41, 5.74) is 3.40. The molecule has 0 atom stereocenters. The Kier molecular flexibility index (Phi) is 5.51. The van der Waals surface area contributed by atoms with Gasteiger partial charge in [-0.3, -0.25) is 4.79 Å². The molecule has 1 N–H and O–H groups in total. The van der Waals surface area contributed by atoms with Crippen LogP contribution in [0.1, 0.15) is 32.2 Å². The second-order valence-corrected chi connectivity index (χ2v) is 6.36. The van der Waals surface area contributed by atoms with Crippen molar-refractivity contribution in [2.45, 2.75) is 19.9 Å². The van der Waals surface area contributed by atoms with Crippen LogP contribution in [0, 0.1) is 18.8 Å². The van der Waals surface area contributed by atoms with Crippen LogP contribution < -0.4 is 0 Å². The summed E-state index contributed by atoms with van der Waals surface area (Å²) >= 11 is 2.95. The van der Waals surface area contributed by atoms with Gasteiger partial charge < -0.3 is 10.0 Å². The second-order valence-electron chi connectivity index (χ2n) is 4.51. The van der Waals surface area contributed by atoms with E-state index in [-0.39, 0.29) is 12.5 Å². The minimum atomic E-state index is -0.00341. The molecular formula is C15H16N2O2S2. The Hall–Kier alpha value is -1.68. The molecule has 0 spiro atoms. The number of thiazole rings is 1. The molecule has 21 heavy (non-hydrogen) atoms. The van der Waals surface area contributed by atoms with Crippen LogP contribution in [0.2, 0.25) is 0 Å². The van der Waals surface area contributed by atoms with Gasteiger partial charge >= 0.3 is 0 Å². The normalized spacial score (nSPS) is 10.0. The van der Waals surface area contributed by atoms with E-state index in [0.29, 0.717) is 17.8 Å². The van der Waals surface area contributed by atoms with E-state index in [0.717, 1.165) is 16.1 Å². The molecule has 2 aromatic rings. The highest BCUT2D eigenvalue weighted by molar-refractivity contribution is 7.12. The van der Waals surface area contributed by atoms with Crippen LogP contribution >= 0.6 is 22.7 Å². The van der Waals surface area contributed by atoms with Crippen LogP contribution in [-0.4, -0.2) is 34.6 Å². The van der Waals surface area contributed by atoms with Crippen LogP contribution in [-0.2, 0) is 6.54 Å². The Labute approximate surface area is 132 Å². The van der Waals surface area contributed by atoms with Crippen LogP contribution in [0.25, 0.3) is 0 Å². The molecule has 0 aliphatic rings. The molecule has 2 heterocycles. The monoisotopic (exact) mass is 320 g/mol. The standard InChI is InChI=1S/C15H16N2O2S2/c1-11-14(21-10-16-11)15(19)17(2)8-13-7-12(9-20-13)5-3-4-6-18/h7,9-10,18H,4,6,8H2,1-2H3. The zero-order valence-corrected chi connectivity index (χ0v) is 13.6. The van der Waals surface area contributed by atoms with E-state index in [1.165, 1.54) is 11.3 Å². The van der Waals surface area contributed by atoms with Crippen molar-refractivity contribution >= 4 is 28.6 Å². The number of carbonyl (C=O) groups excluding carboxylic acids is 1. The van der Waals surface area contributed by atoms with Gasteiger partial charge in [-0.2, -0.15) is 0 Å². The smallest absolute Gasteiger partial charge is 0.265 e. The number of aliphatic hydroxyl groups excluding tert-OH is 1. The molecule has 0 saturated heterocycles. The summed E-state index contributed by atoms with van der Waals surface area (Å²) in [4.78, 5) is 19.9. The van der Waals surface area contributed by atoms with Gasteiger partial charge in [-0.25, -0.2) is 4.98 Å². The number of aliphatic hydroxyl groups is 1. The number of nitrogens with zero attached hydrogens (tertiary/aromatic N) is 2. The van der Waals surface area contributed by atoms with Gasteiger partial charge in [-0.05, 0) is 13.0 Å². The lowest BCUT2D eigenvalue weighted by atomic mass is 10.3. The highest BCUT2D eigenvalue weighted by atomic mass is 32.1. The molecule has 1 amide bonds. The molecule has 0 fully saturated rings. The summed E-state index contributed by atoms with van der Waals surface area (Å²) in [6.07, 6.45) is 0.480. The van der Waals surface area contributed by atoms with Crippen molar-refractivity contribution in [3.8, 4) is 11.8 Å². The van der Waals surface area contributed by atoms with Crippen LogP contribution in [0.15, 0.2) is 17.0 Å². The number of aromatic nitrogens is 1. The lowest BCUT2D eigenvalue weighted by Crippen LogP contribution is -2.25. The molecule has 110 valence electrons. The predicted octanol–water partition coefficient (Wildman–Crippen LogP) is 2.52. The van der Waals surface area contributed by atoms with Crippen LogP contribution in [0.5, 0.6) is 0 Å². The molecule has 4 nitrogen and oxygen atoms in total. The van der Waals surface area contributed by atoms with E-state index in [4.69, 9.17) is 5.11 Å². The fourth-order valence-corrected chi connectivity index (χ4v) is 3.40. The maximum Gasteiger partial charge on any atom is 0.265 e. The van der Waals surface area contributed by atoms with E-state index in [9.17, 15) is 4.79 Å². The third-order valence-electron chi connectivity index (χ3n) is 2.80. The molecule has 0 bridgehead atoms. The first-order chi connectivity index (χ1) is 10.1. The highest BCUT2D eigenvalue weighted by Gasteiger charge is 2.17. The number of thiophene rings is 1. The minimum Gasteiger partial charge on any atom is -0.395 e. The number of hydrogen-bond donors (Lipinski definition) is 1. The number of hydrogen-bond acceptors (Lipinski definition) is 5. The van der Waals surface area contributed by atoms with Gasteiger partial charge in [0.1, 0.15) is 4.88 Å². The van der Waals surface area contributed by atoms with Crippen molar-refractivity contribution < 1.29 is 9.90 Å². The maximum absolute atomic E-state index is 12.3. The van der Waals surface area contributed by atoms with Gasteiger partial charge in [-0.1, -0.05) is 11.8 Å². The maximum atomic E-state index is 12.3. The van der Waals surface area contributed by atoms with Gasteiger partial charge in [0.2, 0.25) is 0 Å². The van der Waals surface area contributed by atoms with Crippen molar-refractivity contribution in [3.05, 3.63) is 38.0 Å². The lowest BCUT2D eigenvalue weighted by molar-refractivity contribution is 0.0790. The van der Waals surface area contributed by atoms with E-state index < -0.39 is 0 Å². The lowest BCUT2D eigenvalue weighted by Gasteiger charge is -2.15. The fraction of sp³-hybridized carbons (Fsp3) is 0.333. The van der Waals surface area contributed by atoms with Gasteiger partial charge in [0, 0.05) is 29.3 Å². The zero-order chi connectivity index (χ0) is 15.2. The molecule has 2 rings (SSSR count). The third kappa shape index (κ3) is 4.14. The number of rotatable bonds is 4. The first-order valence-corrected chi connectivity index (χ1v) is 8.20. The zero-order valence-electron chi connectivity index (χ0n) is 11.9. The topological polar surface area (TPSA) is 53.4 Å².